The highest BCUT2D eigenvalue weighted by atomic mass is 32.2. The minimum atomic E-state index is -4.90. The highest BCUT2D eigenvalue weighted by molar-refractivity contribution is 7.84. The Morgan fingerprint density at radius 2 is 1.75 bits per heavy atom. The summed E-state index contributed by atoms with van der Waals surface area (Å²) in [6.07, 6.45) is -0.990. The van der Waals surface area contributed by atoms with E-state index >= 15 is 0 Å². The molecular weight excluding hydrogens is 338 g/mol. The Bertz CT molecular complexity index is 918. The van der Waals surface area contributed by atoms with Crippen LogP contribution < -0.4 is 0 Å². The maximum atomic E-state index is 11.8. The third-order valence-corrected chi connectivity index (χ3v) is 3.41. The molecule has 0 aromatic heterocycles. The molecule has 0 spiro atoms. The Hall–Kier alpha value is -2.78. The number of rotatable bonds is 6. The molecule has 24 heavy (non-hydrogen) atoms. The van der Waals surface area contributed by atoms with Gasteiger partial charge in [-0.1, -0.05) is 36.4 Å². The number of benzene rings is 2. The zero-order chi connectivity index (χ0) is 17.7. The fraction of sp³-hybridized carbons (Fsp3) is 0.133. The van der Waals surface area contributed by atoms with Crippen LogP contribution in [0.25, 0.3) is 10.8 Å². The zero-order valence-electron chi connectivity index (χ0n) is 12.2. The molecule has 2 N–H and O–H groups in total. The van der Waals surface area contributed by atoms with Gasteiger partial charge in [0, 0.05) is 0 Å². The Morgan fingerprint density at radius 1 is 1.08 bits per heavy atom. The van der Waals surface area contributed by atoms with E-state index in [1.54, 1.807) is 12.1 Å². The summed E-state index contributed by atoms with van der Waals surface area (Å²) in [5, 5.41) is 10.6. The lowest BCUT2D eigenvalue weighted by atomic mass is 10.1. The van der Waals surface area contributed by atoms with Crippen LogP contribution in [0, 0.1) is 0 Å². The molecule has 2 rings (SSSR count). The van der Waals surface area contributed by atoms with Gasteiger partial charge in [-0.2, -0.15) is 8.42 Å². The van der Waals surface area contributed by atoms with E-state index in [0.29, 0.717) is 5.56 Å². The SMILES string of the molecule is O=C(O)CC(=NS(=O)(=O)O)C(=O)OCc1ccc2ccccc2c1. The number of carbonyl (C=O) groups excluding carboxylic acids is 1. The first-order chi connectivity index (χ1) is 11.2. The van der Waals surface area contributed by atoms with Gasteiger partial charge in [0.1, 0.15) is 6.61 Å². The molecule has 0 unspecified atom stereocenters. The van der Waals surface area contributed by atoms with Crippen molar-refractivity contribution in [1.29, 1.82) is 0 Å². The molecule has 0 aliphatic rings. The third kappa shape index (κ3) is 5.14. The average molecular weight is 351 g/mol. The molecule has 9 heteroatoms. The Kier molecular flexibility index (Phi) is 5.27. The van der Waals surface area contributed by atoms with E-state index in [1.165, 1.54) is 0 Å². The number of carboxylic acid groups (broad SMARTS) is 1. The van der Waals surface area contributed by atoms with Crippen LogP contribution in [-0.4, -0.2) is 35.7 Å². The van der Waals surface area contributed by atoms with E-state index in [0.717, 1.165) is 10.8 Å². The fourth-order valence-electron chi connectivity index (χ4n) is 1.98. The molecule has 2 aromatic carbocycles. The van der Waals surface area contributed by atoms with Crippen LogP contribution in [0.4, 0.5) is 0 Å². The second-order valence-electron chi connectivity index (χ2n) is 4.81. The van der Waals surface area contributed by atoms with Crippen molar-refractivity contribution in [1.82, 2.24) is 0 Å². The van der Waals surface area contributed by atoms with Crippen LogP contribution in [0.5, 0.6) is 0 Å². The molecule has 0 saturated heterocycles. The minimum absolute atomic E-state index is 0.201. The number of carboxylic acids is 1. The molecular formula is C15H13NO7S. The normalized spacial score (nSPS) is 12.1. The van der Waals surface area contributed by atoms with E-state index < -0.39 is 34.4 Å². The first-order valence-electron chi connectivity index (χ1n) is 6.67. The molecule has 0 bridgehead atoms. The van der Waals surface area contributed by atoms with E-state index in [9.17, 15) is 18.0 Å². The summed E-state index contributed by atoms with van der Waals surface area (Å²) in [7, 11) is -4.90. The van der Waals surface area contributed by atoms with E-state index in [1.807, 2.05) is 30.3 Å². The first-order valence-corrected chi connectivity index (χ1v) is 8.07. The van der Waals surface area contributed by atoms with Crippen molar-refractivity contribution < 1.29 is 32.4 Å². The van der Waals surface area contributed by atoms with Crippen molar-refractivity contribution in [3.8, 4) is 0 Å². The van der Waals surface area contributed by atoms with Crippen molar-refractivity contribution in [3.63, 3.8) is 0 Å². The average Bonchev–Trinajstić information content (AvgIpc) is 2.50. The molecule has 0 heterocycles. The third-order valence-electron chi connectivity index (χ3n) is 2.96. The van der Waals surface area contributed by atoms with Gasteiger partial charge in [-0.25, -0.2) is 4.79 Å². The number of hydrogen-bond acceptors (Lipinski definition) is 5. The monoisotopic (exact) mass is 351 g/mol. The molecule has 0 atom stereocenters. The largest absolute Gasteiger partial charge is 0.481 e. The van der Waals surface area contributed by atoms with Crippen LogP contribution in [0.1, 0.15) is 12.0 Å². The fourth-order valence-corrected chi connectivity index (χ4v) is 2.40. The van der Waals surface area contributed by atoms with E-state index in [-0.39, 0.29) is 6.61 Å². The number of nitrogens with zero attached hydrogens (tertiary/aromatic N) is 1. The number of hydrogen-bond donors (Lipinski definition) is 2. The van der Waals surface area contributed by atoms with Gasteiger partial charge in [0.25, 0.3) is 0 Å². The molecule has 0 aliphatic carbocycles. The van der Waals surface area contributed by atoms with Gasteiger partial charge in [-0.15, -0.1) is 4.40 Å². The first kappa shape index (κ1) is 17.6. The van der Waals surface area contributed by atoms with E-state index in [2.05, 4.69) is 4.40 Å². The second kappa shape index (κ2) is 7.20. The van der Waals surface area contributed by atoms with Crippen LogP contribution >= 0.6 is 0 Å². The number of ether oxygens (including phenoxy) is 1. The van der Waals surface area contributed by atoms with Crippen molar-refractivity contribution in [2.24, 2.45) is 4.40 Å². The summed E-state index contributed by atoms with van der Waals surface area (Å²) in [6, 6.07) is 12.8. The smallest absolute Gasteiger partial charge is 0.378 e. The van der Waals surface area contributed by atoms with Crippen molar-refractivity contribution >= 4 is 38.7 Å². The van der Waals surface area contributed by atoms with Gasteiger partial charge in [0.15, 0.2) is 5.71 Å². The Balaban J connectivity index is 2.14. The predicted molar refractivity (Wildman–Crippen MR) is 85.0 cm³/mol. The summed E-state index contributed by atoms with van der Waals surface area (Å²) in [5.41, 5.74) is -0.283. The lowest BCUT2D eigenvalue weighted by molar-refractivity contribution is -0.140. The maximum absolute atomic E-state index is 11.8. The molecule has 8 nitrogen and oxygen atoms in total. The molecule has 2 aromatic rings. The molecule has 0 saturated carbocycles. The summed E-state index contributed by atoms with van der Waals surface area (Å²) in [4.78, 5) is 22.5. The highest BCUT2D eigenvalue weighted by Crippen LogP contribution is 2.16. The lowest BCUT2D eigenvalue weighted by Crippen LogP contribution is -2.22. The van der Waals surface area contributed by atoms with Gasteiger partial charge < -0.3 is 9.84 Å². The number of carbonyl (C=O) groups is 2. The van der Waals surface area contributed by atoms with Crippen molar-refractivity contribution in [2.45, 2.75) is 13.0 Å². The topological polar surface area (TPSA) is 130 Å². The van der Waals surface area contributed by atoms with Gasteiger partial charge in [-0.3, -0.25) is 9.35 Å². The van der Waals surface area contributed by atoms with Crippen LogP contribution in [-0.2, 0) is 31.2 Å². The zero-order valence-corrected chi connectivity index (χ0v) is 13.1. The Morgan fingerprint density at radius 3 is 2.38 bits per heavy atom. The summed E-state index contributed by atoms with van der Waals surface area (Å²) >= 11 is 0. The maximum Gasteiger partial charge on any atom is 0.378 e. The number of esters is 1. The molecule has 0 aliphatic heterocycles. The van der Waals surface area contributed by atoms with Gasteiger partial charge in [0.05, 0.1) is 6.42 Å². The van der Waals surface area contributed by atoms with Gasteiger partial charge in [0.2, 0.25) is 0 Å². The minimum Gasteiger partial charge on any atom is -0.481 e. The van der Waals surface area contributed by atoms with Crippen molar-refractivity contribution in [3.05, 3.63) is 48.0 Å². The second-order valence-corrected chi connectivity index (χ2v) is 5.89. The lowest BCUT2D eigenvalue weighted by Gasteiger charge is -2.07. The number of fused-ring (bicyclic) bond motifs is 1. The van der Waals surface area contributed by atoms with Crippen LogP contribution in [0.3, 0.4) is 0 Å². The van der Waals surface area contributed by atoms with E-state index in [4.69, 9.17) is 14.4 Å². The van der Waals surface area contributed by atoms with Gasteiger partial charge in [-0.05, 0) is 22.4 Å². The summed E-state index contributed by atoms with van der Waals surface area (Å²) in [5.74, 6) is -2.72. The van der Waals surface area contributed by atoms with Gasteiger partial charge >= 0.3 is 22.2 Å². The quantitative estimate of drug-likeness (QED) is 0.459. The molecule has 0 radical (unpaired) electrons. The Labute approximate surface area is 137 Å². The molecule has 126 valence electrons. The number of aliphatic carboxylic acids is 1. The molecule has 0 amide bonds. The van der Waals surface area contributed by atoms with Crippen LogP contribution in [0.2, 0.25) is 0 Å². The van der Waals surface area contributed by atoms with Crippen LogP contribution in [0.15, 0.2) is 46.9 Å². The standard InChI is InChI=1S/C15H13NO7S/c17-14(18)8-13(16-24(20,21)22)15(19)23-9-10-5-6-11-3-1-2-4-12(11)7-10/h1-7H,8-9H2,(H,17,18)(H,20,21,22). The molecule has 0 fully saturated rings. The predicted octanol–water partition coefficient (Wildman–Crippen LogP) is 1.60. The highest BCUT2D eigenvalue weighted by Gasteiger charge is 2.20. The van der Waals surface area contributed by atoms with Crippen molar-refractivity contribution in [2.75, 3.05) is 0 Å². The summed E-state index contributed by atoms with van der Waals surface area (Å²) < 4.78 is 37.6. The summed E-state index contributed by atoms with van der Waals surface area (Å²) in [6.45, 7) is -0.201.